The number of nitrogen functional groups attached to an aromatic ring is 1. The normalized spacial score (nSPS) is 14.0. The van der Waals surface area contributed by atoms with Gasteiger partial charge in [0, 0.05) is 17.3 Å². The van der Waals surface area contributed by atoms with Crippen LogP contribution in [0.1, 0.15) is 49.5 Å². The Labute approximate surface area is 110 Å². The van der Waals surface area contributed by atoms with E-state index in [-0.39, 0.29) is 11.9 Å². The summed E-state index contributed by atoms with van der Waals surface area (Å²) in [6, 6.07) is 5.63. The van der Waals surface area contributed by atoms with Crippen molar-refractivity contribution in [2.75, 3.05) is 5.73 Å². The Balaban J connectivity index is 2.68. The lowest BCUT2D eigenvalue weighted by Gasteiger charge is -2.18. The number of amides is 1. The quantitative estimate of drug-likeness (QED) is 0.787. The highest BCUT2D eigenvalue weighted by Crippen LogP contribution is 2.16. The van der Waals surface area contributed by atoms with Crippen molar-refractivity contribution < 1.29 is 4.79 Å². The summed E-state index contributed by atoms with van der Waals surface area (Å²) >= 11 is 0. The monoisotopic (exact) mass is 248 g/mol. The molecule has 3 heteroatoms. The Morgan fingerprint density at radius 3 is 2.67 bits per heavy atom. The molecule has 2 atom stereocenters. The first kappa shape index (κ1) is 14.6. The van der Waals surface area contributed by atoms with Crippen LogP contribution >= 0.6 is 0 Å². The molecule has 0 saturated carbocycles. The summed E-state index contributed by atoms with van der Waals surface area (Å²) in [5.74, 6) is 0.595. The lowest BCUT2D eigenvalue weighted by atomic mass is 9.99. The van der Waals surface area contributed by atoms with E-state index in [4.69, 9.17) is 5.73 Å². The van der Waals surface area contributed by atoms with Crippen LogP contribution in [0.25, 0.3) is 0 Å². The van der Waals surface area contributed by atoms with Crippen LogP contribution in [0.5, 0.6) is 0 Å². The SMILES string of the molecule is CCC(C)CC(C)NC(=O)c1cccc(N)c1C. The van der Waals surface area contributed by atoms with Gasteiger partial charge in [0.15, 0.2) is 0 Å². The van der Waals surface area contributed by atoms with Gasteiger partial charge in [-0.15, -0.1) is 0 Å². The van der Waals surface area contributed by atoms with Gasteiger partial charge in [-0.2, -0.15) is 0 Å². The second kappa shape index (κ2) is 6.43. The Morgan fingerprint density at radius 2 is 2.06 bits per heavy atom. The van der Waals surface area contributed by atoms with Crippen LogP contribution in [0.4, 0.5) is 5.69 Å². The summed E-state index contributed by atoms with van der Waals surface area (Å²) < 4.78 is 0. The van der Waals surface area contributed by atoms with Gasteiger partial charge >= 0.3 is 0 Å². The molecule has 0 aliphatic heterocycles. The predicted octanol–water partition coefficient (Wildman–Crippen LogP) is 3.13. The Kier molecular flexibility index (Phi) is 5.20. The van der Waals surface area contributed by atoms with Crippen molar-refractivity contribution in [2.45, 2.75) is 46.6 Å². The van der Waals surface area contributed by atoms with Gasteiger partial charge < -0.3 is 11.1 Å². The summed E-state index contributed by atoms with van der Waals surface area (Å²) in [6.07, 6.45) is 2.14. The largest absolute Gasteiger partial charge is 0.398 e. The van der Waals surface area contributed by atoms with Crippen LogP contribution in [0.3, 0.4) is 0 Å². The fourth-order valence-electron chi connectivity index (χ4n) is 2.03. The van der Waals surface area contributed by atoms with Crippen molar-refractivity contribution in [3.05, 3.63) is 29.3 Å². The summed E-state index contributed by atoms with van der Waals surface area (Å²) in [6.45, 7) is 8.30. The number of hydrogen-bond donors (Lipinski definition) is 2. The zero-order chi connectivity index (χ0) is 13.7. The first-order valence-electron chi connectivity index (χ1n) is 6.61. The van der Waals surface area contributed by atoms with Crippen molar-refractivity contribution in [2.24, 2.45) is 5.92 Å². The van der Waals surface area contributed by atoms with Crippen molar-refractivity contribution >= 4 is 11.6 Å². The van der Waals surface area contributed by atoms with E-state index < -0.39 is 0 Å². The molecule has 1 rings (SSSR count). The first-order valence-corrected chi connectivity index (χ1v) is 6.61. The van der Waals surface area contributed by atoms with Crippen molar-refractivity contribution in [3.63, 3.8) is 0 Å². The molecule has 1 aromatic carbocycles. The molecule has 0 aliphatic carbocycles. The van der Waals surface area contributed by atoms with E-state index in [2.05, 4.69) is 19.2 Å². The minimum Gasteiger partial charge on any atom is -0.398 e. The van der Waals surface area contributed by atoms with Crippen LogP contribution in [-0.4, -0.2) is 11.9 Å². The molecule has 18 heavy (non-hydrogen) atoms. The third-order valence-corrected chi connectivity index (χ3v) is 3.45. The molecule has 0 spiro atoms. The molecule has 0 radical (unpaired) electrons. The van der Waals surface area contributed by atoms with Gasteiger partial charge in [-0.3, -0.25) is 4.79 Å². The maximum Gasteiger partial charge on any atom is 0.251 e. The van der Waals surface area contributed by atoms with Gasteiger partial charge in [-0.05, 0) is 43.9 Å². The van der Waals surface area contributed by atoms with Gasteiger partial charge in [0.2, 0.25) is 0 Å². The molecule has 0 bridgehead atoms. The lowest BCUT2D eigenvalue weighted by molar-refractivity contribution is 0.0935. The molecule has 3 nitrogen and oxygen atoms in total. The number of nitrogens with two attached hydrogens (primary N) is 1. The molecule has 0 aromatic heterocycles. The topological polar surface area (TPSA) is 55.1 Å². The number of anilines is 1. The number of nitrogens with one attached hydrogen (secondary N) is 1. The number of rotatable bonds is 5. The highest BCUT2D eigenvalue weighted by Gasteiger charge is 2.14. The highest BCUT2D eigenvalue weighted by atomic mass is 16.1. The fraction of sp³-hybridized carbons (Fsp3) is 0.533. The summed E-state index contributed by atoms with van der Waals surface area (Å²) in [5.41, 5.74) is 8.00. The summed E-state index contributed by atoms with van der Waals surface area (Å²) in [5, 5.41) is 3.03. The molecule has 3 N–H and O–H groups in total. The van der Waals surface area contributed by atoms with E-state index in [1.54, 1.807) is 0 Å². The molecule has 0 fully saturated rings. The third kappa shape index (κ3) is 3.76. The molecule has 100 valence electrons. The molecule has 0 aliphatic rings. The van der Waals surface area contributed by atoms with E-state index in [9.17, 15) is 4.79 Å². The Morgan fingerprint density at radius 1 is 1.39 bits per heavy atom. The van der Waals surface area contributed by atoms with Gasteiger partial charge in [-0.25, -0.2) is 0 Å². The van der Waals surface area contributed by atoms with Gasteiger partial charge in [0.05, 0.1) is 0 Å². The average Bonchev–Trinajstić information content (AvgIpc) is 2.32. The zero-order valence-electron chi connectivity index (χ0n) is 11.8. The zero-order valence-corrected chi connectivity index (χ0v) is 11.8. The number of hydrogen-bond acceptors (Lipinski definition) is 2. The van der Waals surface area contributed by atoms with E-state index in [0.29, 0.717) is 17.2 Å². The van der Waals surface area contributed by atoms with Crippen LogP contribution < -0.4 is 11.1 Å². The molecule has 0 heterocycles. The van der Waals surface area contributed by atoms with E-state index in [1.807, 2.05) is 32.0 Å². The molecule has 1 aromatic rings. The van der Waals surface area contributed by atoms with Crippen molar-refractivity contribution in [3.8, 4) is 0 Å². The molecular weight excluding hydrogens is 224 g/mol. The number of carbonyl (C=O) groups excluding carboxylic acids is 1. The third-order valence-electron chi connectivity index (χ3n) is 3.45. The second-order valence-electron chi connectivity index (χ2n) is 5.14. The molecule has 1 amide bonds. The minimum absolute atomic E-state index is 0.0318. The number of carbonyl (C=O) groups is 1. The maximum absolute atomic E-state index is 12.1. The van der Waals surface area contributed by atoms with Crippen LogP contribution in [0.15, 0.2) is 18.2 Å². The van der Waals surface area contributed by atoms with Gasteiger partial charge in [-0.1, -0.05) is 26.3 Å². The lowest BCUT2D eigenvalue weighted by Crippen LogP contribution is -2.34. The maximum atomic E-state index is 12.1. The van der Waals surface area contributed by atoms with Crippen molar-refractivity contribution in [1.29, 1.82) is 0 Å². The predicted molar refractivity (Wildman–Crippen MR) is 76.6 cm³/mol. The molecular formula is C15H24N2O. The summed E-state index contributed by atoms with van der Waals surface area (Å²) in [7, 11) is 0. The Bertz CT molecular complexity index is 415. The smallest absolute Gasteiger partial charge is 0.251 e. The fourth-order valence-corrected chi connectivity index (χ4v) is 2.03. The van der Waals surface area contributed by atoms with Gasteiger partial charge in [0.25, 0.3) is 5.91 Å². The standard InChI is InChI=1S/C15H24N2O/c1-5-10(2)9-11(3)17-15(18)13-7-6-8-14(16)12(13)4/h6-8,10-11H,5,9,16H2,1-4H3,(H,17,18). The van der Waals surface area contributed by atoms with E-state index in [1.165, 1.54) is 0 Å². The minimum atomic E-state index is -0.0318. The first-order chi connectivity index (χ1) is 8.45. The Hall–Kier alpha value is -1.51. The number of benzene rings is 1. The van der Waals surface area contributed by atoms with E-state index >= 15 is 0 Å². The second-order valence-corrected chi connectivity index (χ2v) is 5.14. The van der Waals surface area contributed by atoms with Crippen LogP contribution in [0, 0.1) is 12.8 Å². The van der Waals surface area contributed by atoms with Crippen molar-refractivity contribution in [1.82, 2.24) is 5.32 Å². The van der Waals surface area contributed by atoms with Crippen LogP contribution in [0.2, 0.25) is 0 Å². The highest BCUT2D eigenvalue weighted by molar-refractivity contribution is 5.97. The average molecular weight is 248 g/mol. The van der Waals surface area contributed by atoms with Gasteiger partial charge in [0.1, 0.15) is 0 Å². The summed E-state index contributed by atoms with van der Waals surface area (Å²) in [4.78, 5) is 12.1. The molecule has 0 saturated heterocycles. The van der Waals surface area contributed by atoms with E-state index in [0.717, 1.165) is 18.4 Å². The van der Waals surface area contributed by atoms with Crippen LogP contribution in [-0.2, 0) is 0 Å². The molecule has 2 unspecified atom stereocenters.